The molecule has 10 heteroatoms. The fourth-order valence-corrected chi connectivity index (χ4v) is 4.79. The molecule has 0 amide bonds. The van der Waals surface area contributed by atoms with Gasteiger partial charge < -0.3 is 5.32 Å². The number of nitro benzene ring substituents is 1. The van der Waals surface area contributed by atoms with E-state index in [4.69, 9.17) is 11.6 Å². The smallest absolute Gasteiger partial charge is 0.275 e. The number of nitrogens with one attached hydrogen (secondary N) is 1. The van der Waals surface area contributed by atoms with Crippen molar-refractivity contribution in [1.29, 1.82) is 0 Å². The molecule has 0 bridgehead atoms. The molecule has 7 nitrogen and oxygen atoms in total. The molecule has 0 saturated carbocycles. The monoisotopic (exact) mass is 397 g/mol. The van der Waals surface area contributed by atoms with E-state index in [9.17, 15) is 18.5 Å². The predicted octanol–water partition coefficient (Wildman–Crippen LogP) is 2.74. The SMILES string of the molecule is CCCN(C1CCNC1)S(=O)(=O)c1cc(Cl)c(C)c([N+](=O)[O-])c1.Cl. The highest BCUT2D eigenvalue weighted by molar-refractivity contribution is 7.89. The average Bonchev–Trinajstić information content (AvgIpc) is 3.00. The fraction of sp³-hybridized carbons (Fsp3) is 0.571. The van der Waals surface area contributed by atoms with E-state index in [1.54, 1.807) is 0 Å². The fourth-order valence-electron chi connectivity index (χ4n) is 2.72. The Morgan fingerprint density at radius 2 is 2.12 bits per heavy atom. The van der Waals surface area contributed by atoms with Crippen LogP contribution in [0, 0.1) is 17.0 Å². The second kappa shape index (κ2) is 8.44. The third-order valence-corrected chi connectivity index (χ3v) is 6.30. The highest BCUT2D eigenvalue weighted by Gasteiger charge is 2.34. The number of hydrogen-bond acceptors (Lipinski definition) is 5. The number of hydrogen-bond donors (Lipinski definition) is 1. The summed E-state index contributed by atoms with van der Waals surface area (Å²) in [5.74, 6) is 0. The van der Waals surface area contributed by atoms with Crippen molar-refractivity contribution in [2.45, 2.75) is 37.6 Å². The van der Waals surface area contributed by atoms with Gasteiger partial charge in [-0.15, -0.1) is 12.4 Å². The van der Waals surface area contributed by atoms with E-state index >= 15 is 0 Å². The standard InChI is InChI=1S/C14H20ClN3O4S.ClH/c1-3-6-17(11-4-5-16-9-11)23(21,22)12-7-13(15)10(2)14(8-12)18(19)20;/h7-8,11,16H,3-6,9H2,1-2H3;1H. The van der Waals surface area contributed by atoms with Gasteiger partial charge in [-0.25, -0.2) is 8.42 Å². The van der Waals surface area contributed by atoms with Crippen molar-refractivity contribution < 1.29 is 13.3 Å². The summed E-state index contributed by atoms with van der Waals surface area (Å²) in [6.07, 6.45) is 1.39. The van der Waals surface area contributed by atoms with Gasteiger partial charge >= 0.3 is 0 Å². The van der Waals surface area contributed by atoms with Crippen molar-refractivity contribution >= 4 is 39.7 Å². The Kier molecular flexibility index (Phi) is 7.43. The largest absolute Gasteiger partial charge is 0.315 e. The molecule has 0 radical (unpaired) electrons. The van der Waals surface area contributed by atoms with Crippen LogP contribution in [0.5, 0.6) is 0 Å². The first-order valence-electron chi connectivity index (χ1n) is 7.46. The molecule has 0 aliphatic carbocycles. The van der Waals surface area contributed by atoms with Gasteiger partial charge in [0.2, 0.25) is 10.0 Å². The number of benzene rings is 1. The van der Waals surface area contributed by atoms with E-state index in [1.165, 1.54) is 17.3 Å². The zero-order chi connectivity index (χ0) is 17.2. The molecule has 1 aromatic rings. The number of rotatable bonds is 6. The lowest BCUT2D eigenvalue weighted by atomic mass is 10.2. The van der Waals surface area contributed by atoms with Gasteiger partial charge in [-0.05, 0) is 32.4 Å². The van der Waals surface area contributed by atoms with Gasteiger partial charge in [0.1, 0.15) is 0 Å². The lowest BCUT2D eigenvalue weighted by molar-refractivity contribution is -0.385. The Labute approximate surface area is 153 Å². The Morgan fingerprint density at radius 1 is 1.46 bits per heavy atom. The van der Waals surface area contributed by atoms with Gasteiger partial charge in [-0.3, -0.25) is 10.1 Å². The molecular weight excluding hydrogens is 377 g/mol. The summed E-state index contributed by atoms with van der Waals surface area (Å²) < 4.78 is 27.4. The van der Waals surface area contributed by atoms with E-state index in [-0.39, 0.29) is 39.6 Å². The van der Waals surface area contributed by atoms with Crippen molar-refractivity contribution in [2.75, 3.05) is 19.6 Å². The summed E-state index contributed by atoms with van der Waals surface area (Å²) in [6.45, 7) is 5.11. The van der Waals surface area contributed by atoms with Crippen LogP contribution in [0.2, 0.25) is 5.02 Å². The zero-order valence-corrected chi connectivity index (χ0v) is 15.9. The first kappa shape index (κ1) is 21.1. The van der Waals surface area contributed by atoms with Crippen LogP contribution in [-0.2, 0) is 10.0 Å². The molecule has 1 aromatic carbocycles. The molecule has 2 rings (SSSR count). The predicted molar refractivity (Wildman–Crippen MR) is 95.5 cm³/mol. The Bertz CT molecular complexity index is 706. The summed E-state index contributed by atoms with van der Waals surface area (Å²) in [4.78, 5) is 10.4. The molecule has 1 heterocycles. The summed E-state index contributed by atoms with van der Waals surface area (Å²) in [5, 5.41) is 14.4. The molecule has 0 aromatic heterocycles. The molecule has 1 N–H and O–H groups in total. The highest BCUT2D eigenvalue weighted by atomic mass is 35.5. The minimum atomic E-state index is -3.84. The number of nitro groups is 1. The second-order valence-corrected chi connectivity index (χ2v) is 7.87. The summed E-state index contributed by atoms with van der Waals surface area (Å²) in [6, 6.07) is 2.25. The maximum atomic E-state index is 13.0. The molecule has 1 aliphatic rings. The number of halogens is 2. The van der Waals surface area contributed by atoms with Crippen molar-refractivity contribution in [3.63, 3.8) is 0 Å². The molecule has 1 fully saturated rings. The van der Waals surface area contributed by atoms with Crippen molar-refractivity contribution in [3.8, 4) is 0 Å². The molecule has 1 aliphatic heterocycles. The van der Waals surface area contributed by atoms with E-state index in [0.29, 0.717) is 19.5 Å². The number of nitrogens with zero attached hydrogens (tertiary/aromatic N) is 2. The van der Waals surface area contributed by atoms with Crippen LogP contribution in [0.1, 0.15) is 25.3 Å². The minimum Gasteiger partial charge on any atom is -0.315 e. The molecule has 1 saturated heterocycles. The molecule has 136 valence electrons. The highest BCUT2D eigenvalue weighted by Crippen LogP contribution is 2.32. The van der Waals surface area contributed by atoms with Crippen molar-refractivity contribution in [1.82, 2.24) is 9.62 Å². The van der Waals surface area contributed by atoms with Crippen LogP contribution in [-0.4, -0.2) is 43.3 Å². The van der Waals surface area contributed by atoms with Gasteiger partial charge in [0.05, 0.1) is 14.8 Å². The summed E-state index contributed by atoms with van der Waals surface area (Å²) in [5.41, 5.74) is -0.0164. The van der Waals surface area contributed by atoms with Gasteiger partial charge in [0.25, 0.3) is 5.69 Å². The van der Waals surface area contributed by atoms with Crippen LogP contribution in [0.3, 0.4) is 0 Å². The van der Waals surface area contributed by atoms with Gasteiger partial charge in [0, 0.05) is 30.8 Å². The first-order valence-corrected chi connectivity index (χ1v) is 9.28. The maximum absolute atomic E-state index is 13.0. The summed E-state index contributed by atoms with van der Waals surface area (Å²) >= 11 is 6.01. The maximum Gasteiger partial charge on any atom is 0.275 e. The Hall–Kier alpha value is -0.930. The van der Waals surface area contributed by atoms with E-state index < -0.39 is 14.9 Å². The van der Waals surface area contributed by atoms with Crippen LogP contribution < -0.4 is 5.32 Å². The Morgan fingerprint density at radius 3 is 2.62 bits per heavy atom. The molecular formula is C14H21Cl2N3O4S. The average molecular weight is 398 g/mol. The Balaban J connectivity index is 0.00000288. The van der Waals surface area contributed by atoms with Crippen molar-refractivity contribution in [3.05, 3.63) is 32.8 Å². The van der Waals surface area contributed by atoms with Gasteiger partial charge in [-0.1, -0.05) is 18.5 Å². The topological polar surface area (TPSA) is 92.6 Å². The summed E-state index contributed by atoms with van der Waals surface area (Å²) in [7, 11) is -3.84. The van der Waals surface area contributed by atoms with Crippen LogP contribution in [0.4, 0.5) is 5.69 Å². The third kappa shape index (κ3) is 4.18. The first-order chi connectivity index (χ1) is 10.8. The third-order valence-electron chi connectivity index (χ3n) is 3.98. The van der Waals surface area contributed by atoms with Crippen LogP contribution in [0.25, 0.3) is 0 Å². The lowest BCUT2D eigenvalue weighted by Gasteiger charge is -2.27. The van der Waals surface area contributed by atoms with Crippen LogP contribution >= 0.6 is 24.0 Å². The molecule has 1 unspecified atom stereocenters. The lowest BCUT2D eigenvalue weighted by Crippen LogP contribution is -2.42. The zero-order valence-electron chi connectivity index (χ0n) is 13.5. The van der Waals surface area contributed by atoms with Crippen LogP contribution in [0.15, 0.2) is 17.0 Å². The molecule has 0 spiro atoms. The van der Waals surface area contributed by atoms with E-state index in [2.05, 4.69) is 5.32 Å². The van der Waals surface area contributed by atoms with Gasteiger partial charge in [-0.2, -0.15) is 4.31 Å². The minimum absolute atomic E-state index is 0. The second-order valence-electron chi connectivity index (χ2n) is 5.57. The van der Waals surface area contributed by atoms with Gasteiger partial charge in [0.15, 0.2) is 0 Å². The number of sulfonamides is 1. The molecule has 1 atom stereocenters. The van der Waals surface area contributed by atoms with Crippen molar-refractivity contribution in [2.24, 2.45) is 0 Å². The quantitative estimate of drug-likeness (QED) is 0.588. The molecule has 24 heavy (non-hydrogen) atoms. The van der Waals surface area contributed by atoms with E-state index in [1.807, 2.05) is 6.92 Å². The van der Waals surface area contributed by atoms with E-state index in [0.717, 1.165) is 19.0 Å². The normalized spacial score (nSPS) is 17.8.